The van der Waals surface area contributed by atoms with Gasteiger partial charge in [-0.05, 0) is 66.2 Å². The SMILES string of the molecule is [2H]c1c([2H])c([2H])c(-c2cccc3c2oc2cccc(-c4c5ccccc5c(-c5cccc6ccccc56)c5ccccc45)c23)c([2H])c1[2H]. The lowest BCUT2D eigenvalue weighted by molar-refractivity contribution is 0.670. The van der Waals surface area contributed by atoms with Crippen LogP contribution in [0.5, 0.6) is 0 Å². The maximum Gasteiger partial charge on any atom is 0.143 e. The molecule has 8 aromatic carbocycles. The molecule has 0 saturated heterocycles. The molecule has 1 aromatic heterocycles. The van der Waals surface area contributed by atoms with E-state index in [1.165, 1.54) is 21.9 Å². The van der Waals surface area contributed by atoms with Crippen LogP contribution in [-0.4, -0.2) is 0 Å². The molecule has 9 rings (SSSR count). The summed E-state index contributed by atoms with van der Waals surface area (Å²) < 4.78 is 48.6. The Morgan fingerprint density at radius 3 is 1.65 bits per heavy atom. The van der Waals surface area contributed by atoms with E-state index in [1.54, 1.807) is 6.07 Å². The van der Waals surface area contributed by atoms with Gasteiger partial charge in [0.2, 0.25) is 0 Å². The van der Waals surface area contributed by atoms with Crippen molar-refractivity contribution < 1.29 is 11.3 Å². The van der Waals surface area contributed by atoms with Crippen LogP contribution in [0.15, 0.2) is 162 Å². The van der Waals surface area contributed by atoms with Gasteiger partial charge in [0.25, 0.3) is 0 Å². The minimum absolute atomic E-state index is 0.127. The van der Waals surface area contributed by atoms with E-state index in [-0.39, 0.29) is 29.7 Å². The van der Waals surface area contributed by atoms with Crippen molar-refractivity contribution in [2.24, 2.45) is 0 Å². The fourth-order valence-corrected chi connectivity index (χ4v) is 6.79. The lowest BCUT2D eigenvalue weighted by atomic mass is 9.84. The summed E-state index contributed by atoms with van der Waals surface area (Å²) >= 11 is 0. The Bertz CT molecular complexity index is 2700. The molecule has 0 aliphatic carbocycles. The highest BCUT2D eigenvalue weighted by Crippen LogP contribution is 2.48. The standard InChI is InChI=1S/C42H26O/c1-2-13-28(14-3-1)30-22-11-25-37-41-36(24-12-26-38(41)43-42(30)37)40-34-20-8-6-18-32(34)39(33-19-7-9-21-35(33)40)31-23-10-16-27-15-4-5-17-29(27)31/h1-26H/i1D,2D,3D,13D,14D. The van der Waals surface area contributed by atoms with Crippen LogP contribution in [0.4, 0.5) is 0 Å². The zero-order chi connectivity index (χ0) is 32.7. The first kappa shape index (κ1) is 19.5. The smallest absolute Gasteiger partial charge is 0.143 e. The number of hydrogen-bond donors (Lipinski definition) is 0. The van der Waals surface area contributed by atoms with Crippen molar-refractivity contribution in [1.29, 1.82) is 0 Å². The van der Waals surface area contributed by atoms with E-state index in [0.717, 1.165) is 43.4 Å². The predicted molar refractivity (Wildman–Crippen MR) is 183 cm³/mol. The van der Waals surface area contributed by atoms with E-state index in [9.17, 15) is 0 Å². The van der Waals surface area contributed by atoms with Crippen LogP contribution in [-0.2, 0) is 0 Å². The van der Waals surface area contributed by atoms with Crippen molar-refractivity contribution in [3.8, 4) is 33.4 Å². The molecule has 1 nitrogen and oxygen atoms in total. The van der Waals surface area contributed by atoms with E-state index in [2.05, 4.69) is 97.1 Å². The summed E-state index contributed by atoms with van der Waals surface area (Å²) in [6, 6.07) is 42.1. The minimum Gasteiger partial charge on any atom is -0.455 e. The van der Waals surface area contributed by atoms with Crippen LogP contribution >= 0.6 is 0 Å². The van der Waals surface area contributed by atoms with Crippen LogP contribution in [0.2, 0.25) is 0 Å². The molecule has 0 aliphatic rings. The lowest BCUT2D eigenvalue weighted by Gasteiger charge is -2.19. The minimum atomic E-state index is -0.418. The third kappa shape index (κ3) is 3.58. The number of rotatable bonds is 3. The van der Waals surface area contributed by atoms with Gasteiger partial charge in [0.1, 0.15) is 11.2 Å². The molecule has 0 fully saturated rings. The van der Waals surface area contributed by atoms with Crippen LogP contribution in [0.3, 0.4) is 0 Å². The van der Waals surface area contributed by atoms with Gasteiger partial charge in [-0.3, -0.25) is 0 Å². The molecule has 0 spiro atoms. The van der Waals surface area contributed by atoms with Crippen molar-refractivity contribution in [2.75, 3.05) is 0 Å². The molecule has 0 aliphatic heterocycles. The van der Waals surface area contributed by atoms with Gasteiger partial charge in [-0.2, -0.15) is 0 Å². The van der Waals surface area contributed by atoms with Crippen LogP contribution < -0.4 is 0 Å². The molecule has 0 N–H and O–H groups in total. The van der Waals surface area contributed by atoms with Gasteiger partial charge in [0.05, 0.1) is 6.85 Å². The van der Waals surface area contributed by atoms with Gasteiger partial charge in [0.15, 0.2) is 0 Å². The summed E-state index contributed by atoms with van der Waals surface area (Å²) in [7, 11) is 0. The number of hydrogen-bond acceptors (Lipinski definition) is 1. The Morgan fingerprint density at radius 2 is 0.930 bits per heavy atom. The number of para-hydroxylation sites is 1. The average molecular weight is 552 g/mol. The van der Waals surface area contributed by atoms with E-state index in [4.69, 9.17) is 11.3 Å². The summed E-state index contributed by atoms with van der Waals surface area (Å²) in [4.78, 5) is 0. The summed E-state index contributed by atoms with van der Waals surface area (Å²) in [6.45, 7) is 0. The van der Waals surface area contributed by atoms with Crippen LogP contribution in [0, 0.1) is 0 Å². The molecule has 1 heteroatoms. The van der Waals surface area contributed by atoms with Crippen molar-refractivity contribution in [3.05, 3.63) is 158 Å². The Morgan fingerprint density at radius 1 is 0.419 bits per heavy atom. The Kier molecular flexibility index (Phi) is 4.27. The van der Waals surface area contributed by atoms with Gasteiger partial charge >= 0.3 is 0 Å². The second-order valence-electron chi connectivity index (χ2n) is 10.8. The van der Waals surface area contributed by atoms with Crippen molar-refractivity contribution >= 4 is 54.3 Å². The van der Waals surface area contributed by atoms with Gasteiger partial charge in [0, 0.05) is 16.3 Å². The van der Waals surface area contributed by atoms with Gasteiger partial charge in [-0.25, -0.2) is 0 Å². The Labute approximate surface area is 256 Å². The molecule has 0 saturated carbocycles. The quantitative estimate of drug-likeness (QED) is 0.199. The van der Waals surface area contributed by atoms with Crippen molar-refractivity contribution in [2.45, 2.75) is 0 Å². The van der Waals surface area contributed by atoms with Gasteiger partial charge in [-0.15, -0.1) is 0 Å². The first-order valence-electron chi connectivity index (χ1n) is 16.9. The van der Waals surface area contributed by atoms with E-state index in [1.807, 2.05) is 24.3 Å². The van der Waals surface area contributed by atoms with E-state index in [0.29, 0.717) is 16.7 Å². The highest BCUT2D eigenvalue weighted by Gasteiger charge is 2.21. The topological polar surface area (TPSA) is 13.1 Å². The average Bonchev–Trinajstić information content (AvgIpc) is 3.52. The highest BCUT2D eigenvalue weighted by atomic mass is 16.3. The molecule has 9 aromatic rings. The molecule has 0 unspecified atom stereocenters. The zero-order valence-corrected chi connectivity index (χ0v) is 23.0. The molecule has 1 heterocycles. The van der Waals surface area contributed by atoms with Crippen LogP contribution in [0.1, 0.15) is 6.85 Å². The fourth-order valence-electron chi connectivity index (χ4n) is 6.79. The third-order valence-electron chi connectivity index (χ3n) is 8.55. The van der Waals surface area contributed by atoms with Crippen molar-refractivity contribution in [3.63, 3.8) is 0 Å². The second kappa shape index (κ2) is 9.44. The maximum absolute atomic E-state index is 8.67. The molecular weight excluding hydrogens is 520 g/mol. The maximum atomic E-state index is 8.67. The summed E-state index contributed by atoms with van der Waals surface area (Å²) in [5.41, 5.74) is 6.20. The van der Waals surface area contributed by atoms with E-state index < -0.39 is 6.04 Å². The first-order chi connectivity index (χ1) is 23.4. The molecule has 0 bridgehead atoms. The largest absolute Gasteiger partial charge is 0.455 e. The molecule has 0 radical (unpaired) electrons. The molecule has 0 amide bonds. The molecule has 200 valence electrons. The third-order valence-corrected chi connectivity index (χ3v) is 8.55. The van der Waals surface area contributed by atoms with Crippen molar-refractivity contribution in [1.82, 2.24) is 0 Å². The Balaban J connectivity index is 1.40. The summed E-state index contributed by atoms with van der Waals surface area (Å²) in [5, 5.41) is 8.64. The lowest BCUT2D eigenvalue weighted by Crippen LogP contribution is -1.92. The predicted octanol–water partition coefficient (Wildman–Crippen LogP) is 12.0. The van der Waals surface area contributed by atoms with E-state index >= 15 is 0 Å². The summed E-state index contributed by atoms with van der Waals surface area (Å²) in [5.74, 6) is 0. The zero-order valence-electron chi connectivity index (χ0n) is 28.0. The monoisotopic (exact) mass is 551 g/mol. The van der Waals surface area contributed by atoms with Gasteiger partial charge < -0.3 is 4.42 Å². The Hall–Kier alpha value is -5.66. The first-order valence-corrected chi connectivity index (χ1v) is 14.4. The molecule has 0 atom stereocenters. The molecule has 43 heavy (non-hydrogen) atoms. The molecular formula is C42H26O. The number of benzene rings is 8. The second-order valence-corrected chi connectivity index (χ2v) is 10.8. The highest BCUT2D eigenvalue weighted by molar-refractivity contribution is 6.27. The van der Waals surface area contributed by atoms with Gasteiger partial charge in [-0.1, -0.05) is 152 Å². The fraction of sp³-hybridized carbons (Fsp3) is 0. The summed E-state index contributed by atoms with van der Waals surface area (Å²) in [6.07, 6.45) is 0. The number of furan rings is 1. The number of fused-ring (bicyclic) bond motifs is 6. The van der Waals surface area contributed by atoms with Crippen LogP contribution in [0.25, 0.3) is 87.6 Å². The normalized spacial score (nSPS) is 13.3.